The SMILES string of the molecule is Nc1cc(=O)[nH]c(=O)n1Cc1ccno1. The third kappa shape index (κ3) is 1.80. The molecule has 2 heterocycles. The molecule has 78 valence electrons. The molecule has 0 amide bonds. The minimum Gasteiger partial charge on any atom is -0.385 e. The van der Waals surface area contributed by atoms with Crippen LogP contribution in [0.15, 0.2) is 32.4 Å². The van der Waals surface area contributed by atoms with Crippen molar-refractivity contribution in [2.45, 2.75) is 6.54 Å². The Labute approximate surface area is 83.1 Å². The number of anilines is 1. The normalized spacial score (nSPS) is 10.4. The first-order valence-electron chi connectivity index (χ1n) is 4.16. The van der Waals surface area contributed by atoms with Gasteiger partial charge in [-0.15, -0.1) is 0 Å². The summed E-state index contributed by atoms with van der Waals surface area (Å²) in [6.45, 7) is 0.140. The Morgan fingerprint density at radius 3 is 2.93 bits per heavy atom. The van der Waals surface area contributed by atoms with Crippen LogP contribution in [-0.4, -0.2) is 14.7 Å². The van der Waals surface area contributed by atoms with Gasteiger partial charge in [-0.3, -0.25) is 14.3 Å². The van der Waals surface area contributed by atoms with Crippen LogP contribution in [0.5, 0.6) is 0 Å². The van der Waals surface area contributed by atoms with Crippen molar-refractivity contribution in [3.05, 3.63) is 44.9 Å². The number of hydrogen-bond donors (Lipinski definition) is 2. The topological polar surface area (TPSA) is 107 Å². The van der Waals surface area contributed by atoms with Gasteiger partial charge >= 0.3 is 5.69 Å². The zero-order chi connectivity index (χ0) is 10.8. The maximum atomic E-state index is 11.4. The molecule has 7 nitrogen and oxygen atoms in total. The minimum atomic E-state index is -0.573. The van der Waals surface area contributed by atoms with Crippen molar-refractivity contribution in [3.63, 3.8) is 0 Å². The molecule has 15 heavy (non-hydrogen) atoms. The number of nitrogens with one attached hydrogen (secondary N) is 1. The van der Waals surface area contributed by atoms with Gasteiger partial charge in [-0.1, -0.05) is 5.16 Å². The molecule has 0 bridgehead atoms. The lowest BCUT2D eigenvalue weighted by Gasteiger charge is -2.04. The van der Waals surface area contributed by atoms with E-state index in [1.807, 2.05) is 0 Å². The Morgan fingerprint density at radius 1 is 1.53 bits per heavy atom. The first-order valence-corrected chi connectivity index (χ1v) is 4.16. The summed E-state index contributed by atoms with van der Waals surface area (Å²) < 4.78 is 6.00. The predicted octanol–water partition coefficient (Wildman–Crippen LogP) is -0.845. The highest BCUT2D eigenvalue weighted by atomic mass is 16.5. The van der Waals surface area contributed by atoms with Crippen LogP contribution in [0.3, 0.4) is 0 Å². The molecule has 7 heteroatoms. The smallest absolute Gasteiger partial charge is 0.330 e. The number of H-pyrrole nitrogens is 1. The second-order valence-electron chi connectivity index (χ2n) is 2.93. The van der Waals surface area contributed by atoms with E-state index in [-0.39, 0.29) is 12.4 Å². The molecule has 0 aromatic carbocycles. The fourth-order valence-corrected chi connectivity index (χ4v) is 1.18. The summed E-state index contributed by atoms with van der Waals surface area (Å²) in [5.74, 6) is 0.566. The van der Waals surface area contributed by atoms with Crippen LogP contribution in [-0.2, 0) is 6.54 Å². The maximum Gasteiger partial charge on any atom is 0.330 e. The lowest BCUT2D eigenvalue weighted by molar-refractivity contribution is 0.375. The number of nitrogens with two attached hydrogens (primary N) is 1. The largest absolute Gasteiger partial charge is 0.385 e. The highest BCUT2D eigenvalue weighted by molar-refractivity contribution is 5.26. The summed E-state index contributed by atoms with van der Waals surface area (Å²) in [4.78, 5) is 24.3. The van der Waals surface area contributed by atoms with E-state index in [1.165, 1.54) is 10.8 Å². The lowest BCUT2D eigenvalue weighted by atomic mass is 10.4. The van der Waals surface area contributed by atoms with E-state index in [9.17, 15) is 9.59 Å². The fraction of sp³-hybridized carbons (Fsp3) is 0.125. The summed E-state index contributed by atoms with van der Waals surface area (Å²) >= 11 is 0. The standard InChI is InChI=1S/C8H8N4O3/c9-6-3-7(13)11-8(14)12(6)4-5-1-2-10-15-5/h1-3H,4,9H2,(H,11,13,14). The van der Waals surface area contributed by atoms with Gasteiger partial charge in [-0.05, 0) is 0 Å². The van der Waals surface area contributed by atoms with Crippen LogP contribution < -0.4 is 17.0 Å². The summed E-state index contributed by atoms with van der Waals surface area (Å²) in [5, 5.41) is 3.49. The number of hydrogen-bond acceptors (Lipinski definition) is 5. The van der Waals surface area contributed by atoms with Crippen LogP contribution in [0.25, 0.3) is 0 Å². The van der Waals surface area contributed by atoms with Crippen LogP contribution in [0, 0.1) is 0 Å². The molecule has 0 aliphatic rings. The molecular formula is C8H8N4O3. The molecule has 0 radical (unpaired) electrons. The van der Waals surface area contributed by atoms with Crippen molar-refractivity contribution in [2.75, 3.05) is 5.73 Å². The van der Waals surface area contributed by atoms with Crippen LogP contribution >= 0.6 is 0 Å². The quantitative estimate of drug-likeness (QED) is 0.668. The second-order valence-corrected chi connectivity index (χ2v) is 2.93. The van der Waals surface area contributed by atoms with Crippen LogP contribution in [0.4, 0.5) is 5.82 Å². The Hall–Kier alpha value is -2.31. The minimum absolute atomic E-state index is 0.0835. The van der Waals surface area contributed by atoms with Gasteiger partial charge in [-0.2, -0.15) is 0 Å². The number of nitrogens with zero attached hydrogens (tertiary/aromatic N) is 2. The molecular weight excluding hydrogens is 200 g/mol. The predicted molar refractivity (Wildman–Crippen MR) is 51.3 cm³/mol. The van der Waals surface area contributed by atoms with Gasteiger partial charge in [0.05, 0.1) is 12.7 Å². The number of aromatic nitrogens is 3. The van der Waals surface area contributed by atoms with Crippen molar-refractivity contribution in [1.82, 2.24) is 14.7 Å². The van der Waals surface area contributed by atoms with Crippen molar-refractivity contribution in [2.24, 2.45) is 0 Å². The van der Waals surface area contributed by atoms with Crippen LogP contribution in [0.2, 0.25) is 0 Å². The first kappa shape index (κ1) is 9.25. The highest BCUT2D eigenvalue weighted by Crippen LogP contribution is 2.01. The number of aromatic amines is 1. The molecule has 0 aliphatic heterocycles. The zero-order valence-electron chi connectivity index (χ0n) is 7.64. The molecule has 0 saturated carbocycles. The third-order valence-electron chi connectivity index (χ3n) is 1.87. The van der Waals surface area contributed by atoms with E-state index in [4.69, 9.17) is 10.3 Å². The second kappa shape index (κ2) is 3.45. The van der Waals surface area contributed by atoms with Crippen molar-refractivity contribution in [1.29, 1.82) is 0 Å². The Morgan fingerprint density at radius 2 is 2.33 bits per heavy atom. The van der Waals surface area contributed by atoms with Gasteiger partial charge in [0.25, 0.3) is 5.56 Å². The number of nitrogen functional groups attached to an aromatic ring is 1. The fourth-order valence-electron chi connectivity index (χ4n) is 1.18. The molecule has 0 fully saturated rings. The van der Waals surface area contributed by atoms with Crippen molar-refractivity contribution in [3.8, 4) is 0 Å². The Bertz CT molecular complexity index is 566. The molecule has 2 aromatic heterocycles. The molecule has 0 atom stereocenters. The van der Waals surface area contributed by atoms with E-state index >= 15 is 0 Å². The summed E-state index contributed by atoms with van der Waals surface area (Å²) in [6.07, 6.45) is 1.46. The van der Waals surface area contributed by atoms with E-state index in [0.29, 0.717) is 5.76 Å². The molecule has 2 rings (SSSR count). The lowest BCUT2D eigenvalue weighted by Crippen LogP contribution is -2.31. The summed E-state index contributed by atoms with van der Waals surface area (Å²) in [5.41, 5.74) is 4.42. The monoisotopic (exact) mass is 208 g/mol. The molecule has 2 aromatic rings. The summed E-state index contributed by atoms with van der Waals surface area (Å²) in [6, 6.07) is 2.74. The van der Waals surface area contributed by atoms with Gasteiger partial charge in [0.15, 0.2) is 5.76 Å². The average Bonchev–Trinajstić information content (AvgIpc) is 2.63. The molecule has 0 unspecified atom stereocenters. The van der Waals surface area contributed by atoms with Gasteiger partial charge in [-0.25, -0.2) is 4.79 Å². The van der Waals surface area contributed by atoms with Gasteiger partial charge in [0.2, 0.25) is 0 Å². The molecule has 0 aliphatic carbocycles. The van der Waals surface area contributed by atoms with E-state index in [1.54, 1.807) is 6.07 Å². The molecule has 3 N–H and O–H groups in total. The third-order valence-corrected chi connectivity index (χ3v) is 1.87. The van der Waals surface area contributed by atoms with Gasteiger partial charge in [0, 0.05) is 12.1 Å². The van der Waals surface area contributed by atoms with E-state index in [0.717, 1.165) is 6.07 Å². The van der Waals surface area contributed by atoms with Crippen LogP contribution in [0.1, 0.15) is 5.76 Å². The average molecular weight is 208 g/mol. The van der Waals surface area contributed by atoms with Gasteiger partial charge < -0.3 is 10.3 Å². The number of rotatable bonds is 2. The zero-order valence-corrected chi connectivity index (χ0v) is 7.64. The van der Waals surface area contributed by atoms with E-state index < -0.39 is 11.2 Å². The van der Waals surface area contributed by atoms with Crippen molar-refractivity contribution < 1.29 is 4.52 Å². The molecule has 0 spiro atoms. The van der Waals surface area contributed by atoms with E-state index in [2.05, 4.69) is 10.1 Å². The highest BCUT2D eigenvalue weighted by Gasteiger charge is 2.05. The first-order chi connectivity index (χ1) is 7.16. The van der Waals surface area contributed by atoms with Gasteiger partial charge in [0.1, 0.15) is 5.82 Å². The Kier molecular flexibility index (Phi) is 2.13. The summed E-state index contributed by atoms with van der Waals surface area (Å²) in [7, 11) is 0. The maximum absolute atomic E-state index is 11.4. The Balaban J connectivity index is 2.45. The molecule has 0 saturated heterocycles. The van der Waals surface area contributed by atoms with Crippen molar-refractivity contribution >= 4 is 5.82 Å².